The fraction of sp³-hybridized carbons (Fsp3) is 0.167. The number of ether oxygens (including phenoxy) is 1. The summed E-state index contributed by atoms with van der Waals surface area (Å²) in [6, 6.07) is 10.6. The van der Waals surface area contributed by atoms with Crippen LogP contribution in [0.4, 0.5) is 14.5 Å². The molecule has 2 aromatic carbocycles. The van der Waals surface area contributed by atoms with Crippen molar-refractivity contribution in [3.8, 4) is 0 Å². The summed E-state index contributed by atoms with van der Waals surface area (Å²) in [5.74, 6) is -3.25. The van der Waals surface area contributed by atoms with Crippen LogP contribution in [0.15, 0.2) is 48.5 Å². The van der Waals surface area contributed by atoms with Crippen molar-refractivity contribution in [1.82, 2.24) is 0 Å². The maximum atomic E-state index is 13.9. The number of allylic oxidation sites excluding steroid dienone is 1. The molecule has 0 bridgehead atoms. The summed E-state index contributed by atoms with van der Waals surface area (Å²) in [5.41, 5.74) is 6.84. The van der Waals surface area contributed by atoms with Crippen molar-refractivity contribution >= 4 is 17.7 Å². The van der Waals surface area contributed by atoms with E-state index in [-0.39, 0.29) is 12.0 Å². The first-order valence-electron chi connectivity index (χ1n) is 7.06. The molecule has 0 aliphatic heterocycles. The lowest BCUT2D eigenvalue weighted by Crippen LogP contribution is -2.16. The number of carbonyl (C=O) groups is 1. The van der Waals surface area contributed by atoms with Crippen LogP contribution in [0.25, 0.3) is 6.08 Å². The Balaban J connectivity index is 2.23. The normalized spacial score (nSPS) is 12.3. The number of benzene rings is 2. The minimum absolute atomic E-state index is 0.120. The number of methoxy groups -OCH3 is 1. The molecule has 3 nitrogen and oxygen atoms in total. The molecule has 23 heavy (non-hydrogen) atoms. The Morgan fingerprint density at radius 1 is 1.17 bits per heavy atom. The molecule has 0 spiro atoms. The van der Waals surface area contributed by atoms with Gasteiger partial charge in [-0.2, -0.15) is 0 Å². The van der Waals surface area contributed by atoms with E-state index in [0.29, 0.717) is 5.69 Å². The molecule has 0 aliphatic carbocycles. The van der Waals surface area contributed by atoms with Crippen molar-refractivity contribution in [2.24, 2.45) is 0 Å². The molecule has 5 heteroatoms. The molecule has 0 amide bonds. The SMILES string of the molecule is COC(=O)C(C/C=C/c1ccc(N)cc1)c1c(F)cccc1F. The molecular formula is C18H17F2NO2. The Morgan fingerprint density at radius 3 is 2.35 bits per heavy atom. The number of rotatable bonds is 5. The lowest BCUT2D eigenvalue weighted by atomic mass is 9.94. The molecule has 0 saturated carbocycles. The van der Waals surface area contributed by atoms with Crippen LogP contribution in [0.1, 0.15) is 23.5 Å². The Hall–Kier alpha value is -2.69. The predicted molar refractivity (Wildman–Crippen MR) is 85.6 cm³/mol. The van der Waals surface area contributed by atoms with Crippen molar-refractivity contribution in [3.05, 3.63) is 71.3 Å². The molecule has 2 N–H and O–H groups in total. The van der Waals surface area contributed by atoms with Crippen molar-refractivity contribution in [1.29, 1.82) is 0 Å². The third-order valence-corrected chi connectivity index (χ3v) is 3.45. The molecule has 2 rings (SSSR count). The van der Waals surface area contributed by atoms with Gasteiger partial charge in [0, 0.05) is 11.3 Å². The minimum Gasteiger partial charge on any atom is -0.469 e. The second-order valence-corrected chi connectivity index (χ2v) is 5.02. The maximum absolute atomic E-state index is 13.9. The molecule has 2 aromatic rings. The molecule has 0 saturated heterocycles. The summed E-state index contributed by atoms with van der Waals surface area (Å²) >= 11 is 0. The van der Waals surface area contributed by atoms with Gasteiger partial charge in [-0.1, -0.05) is 30.4 Å². The van der Waals surface area contributed by atoms with Crippen LogP contribution in [-0.4, -0.2) is 13.1 Å². The molecule has 0 radical (unpaired) electrons. The number of carbonyl (C=O) groups excluding carboxylic acids is 1. The van der Waals surface area contributed by atoms with E-state index in [2.05, 4.69) is 4.74 Å². The number of esters is 1. The predicted octanol–water partition coefficient (Wildman–Crippen LogP) is 3.91. The van der Waals surface area contributed by atoms with E-state index in [1.54, 1.807) is 24.3 Å². The molecule has 0 aromatic heterocycles. The number of nitrogen functional groups attached to an aromatic ring is 1. The van der Waals surface area contributed by atoms with Crippen LogP contribution in [0.2, 0.25) is 0 Å². The zero-order valence-electron chi connectivity index (χ0n) is 12.6. The first-order chi connectivity index (χ1) is 11.0. The molecule has 0 aliphatic rings. The summed E-state index contributed by atoms with van der Waals surface area (Å²) in [6.45, 7) is 0. The van der Waals surface area contributed by atoms with Gasteiger partial charge in [-0.3, -0.25) is 4.79 Å². The molecule has 0 fully saturated rings. The highest BCUT2D eigenvalue weighted by atomic mass is 19.1. The quantitative estimate of drug-likeness (QED) is 0.672. The van der Waals surface area contributed by atoms with E-state index in [1.165, 1.54) is 13.2 Å². The Labute approximate surface area is 133 Å². The second kappa shape index (κ2) is 7.54. The van der Waals surface area contributed by atoms with Gasteiger partial charge in [-0.15, -0.1) is 0 Å². The zero-order valence-corrected chi connectivity index (χ0v) is 12.6. The van der Waals surface area contributed by atoms with E-state index in [1.807, 2.05) is 12.1 Å². The van der Waals surface area contributed by atoms with Gasteiger partial charge in [0.05, 0.1) is 13.0 Å². The van der Waals surface area contributed by atoms with Crippen LogP contribution >= 0.6 is 0 Å². The van der Waals surface area contributed by atoms with Gasteiger partial charge in [0.1, 0.15) is 11.6 Å². The molecule has 120 valence electrons. The van der Waals surface area contributed by atoms with Gasteiger partial charge in [-0.25, -0.2) is 8.78 Å². The van der Waals surface area contributed by atoms with Gasteiger partial charge >= 0.3 is 5.97 Å². The second-order valence-electron chi connectivity index (χ2n) is 5.02. The van der Waals surface area contributed by atoms with Gasteiger partial charge < -0.3 is 10.5 Å². The number of nitrogens with two attached hydrogens (primary N) is 1. The first kappa shape index (κ1) is 16.7. The lowest BCUT2D eigenvalue weighted by Gasteiger charge is -2.14. The van der Waals surface area contributed by atoms with Crippen LogP contribution in [0.3, 0.4) is 0 Å². The largest absolute Gasteiger partial charge is 0.469 e. The summed E-state index contributed by atoms with van der Waals surface area (Å²) in [4.78, 5) is 11.9. The number of hydrogen-bond acceptors (Lipinski definition) is 3. The van der Waals surface area contributed by atoms with Crippen LogP contribution < -0.4 is 5.73 Å². The smallest absolute Gasteiger partial charge is 0.313 e. The van der Waals surface area contributed by atoms with Gasteiger partial charge in [-0.05, 0) is 36.2 Å². The summed E-state index contributed by atoms with van der Waals surface area (Å²) in [7, 11) is 1.19. The summed E-state index contributed by atoms with van der Waals surface area (Å²) < 4.78 is 32.5. The maximum Gasteiger partial charge on any atom is 0.313 e. The fourth-order valence-electron chi connectivity index (χ4n) is 2.27. The highest BCUT2D eigenvalue weighted by Crippen LogP contribution is 2.27. The van der Waals surface area contributed by atoms with Crippen LogP contribution in [-0.2, 0) is 9.53 Å². The van der Waals surface area contributed by atoms with Gasteiger partial charge in [0.2, 0.25) is 0 Å². The highest BCUT2D eigenvalue weighted by molar-refractivity contribution is 5.78. The monoisotopic (exact) mass is 317 g/mol. The lowest BCUT2D eigenvalue weighted by molar-refractivity contribution is -0.142. The summed E-state index contributed by atoms with van der Waals surface area (Å²) in [5, 5.41) is 0. The van der Waals surface area contributed by atoms with E-state index < -0.39 is 23.5 Å². The number of anilines is 1. The first-order valence-corrected chi connectivity index (χ1v) is 7.06. The topological polar surface area (TPSA) is 52.3 Å². The zero-order chi connectivity index (χ0) is 16.8. The summed E-state index contributed by atoms with van der Waals surface area (Å²) in [6.07, 6.45) is 3.56. The van der Waals surface area contributed by atoms with Crippen molar-refractivity contribution in [2.75, 3.05) is 12.8 Å². The van der Waals surface area contributed by atoms with E-state index >= 15 is 0 Å². The molecular weight excluding hydrogens is 300 g/mol. The fourth-order valence-corrected chi connectivity index (χ4v) is 2.27. The van der Waals surface area contributed by atoms with Gasteiger partial charge in [0.15, 0.2) is 0 Å². The van der Waals surface area contributed by atoms with E-state index in [9.17, 15) is 13.6 Å². The van der Waals surface area contributed by atoms with Gasteiger partial charge in [0.25, 0.3) is 0 Å². The highest BCUT2D eigenvalue weighted by Gasteiger charge is 2.26. The number of halogens is 2. The molecule has 0 heterocycles. The minimum atomic E-state index is -1.04. The average molecular weight is 317 g/mol. The van der Waals surface area contributed by atoms with Crippen LogP contribution in [0.5, 0.6) is 0 Å². The van der Waals surface area contributed by atoms with Crippen molar-refractivity contribution in [2.45, 2.75) is 12.3 Å². The Bertz CT molecular complexity index is 691. The van der Waals surface area contributed by atoms with Crippen molar-refractivity contribution in [3.63, 3.8) is 0 Å². The molecule has 1 unspecified atom stereocenters. The standard InChI is InChI=1S/C18H17F2NO2/c1-23-18(22)14(17-15(19)6-3-7-16(17)20)5-2-4-12-8-10-13(21)11-9-12/h2-4,6-11,14H,5,21H2,1H3/b4-2+. The third kappa shape index (κ3) is 4.16. The third-order valence-electron chi connectivity index (χ3n) is 3.45. The molecule has 1 atom stereocenters. The van der Waals surface area contributed by atoms with Crippen molar-refractivity contribution < 1.29 is 18.3 Å². The Morgan fingerprint density at radius 2 is 1.78 bits per heavy atom. The average Bonchev–Trinajstić information content (AvgIpc) is 2.54. The Kier molecular flexibility index (Phi) is 5.46. The van der Waals surface area contributed by atoms with E-state index in [0.717, 1.165) is 17.7 Å². The van der Waals surface area contributed by atoms with E-state index in [4.69, 9.17) is 5.73 Å². The number of hydrogen-bond donors (Lipinski definition) is 1. The van der Waals surface area contributed by atoms with Crippen LogP contribution in [0, 0.1) is 11.6 Å².